The van der Waals surface area contributed by atoms with Gasteiger partial charge in [-0.05, 0) is 92.8 Å². The molecule has 180 valence electrons. The Labute approximate surface area is 223 Å². The number of nitrogens with one attached hydrogen (secondary N) is 1. The van der Waals surface area contributed by atoms with Crippen LogP contribution in [0.4, 0.5) is 11.4 Å². The van der Waals surface area contributed by atoms with Gasteiger partial charge in [0.2, 0.25) is 0 Å². The van der Waals surface area contributed by atoms with Gasteiger partial charge in [0.1, 0.15) is 0 Å². The zero-order valence-electron chi connectivity index (χ0n) is 21.1. The van der Waals surface area contributed by atoms with Crippen molar-refractivity contribution in [2.45, 2.75) is 18.3 Å². The third kappa shape index (κ3) is 2.93. The molecule has 1 N–H and O–H groups in total. The van der Waals surface area contributed by atoms with E-state index in [4.69, 9.17) is 0 Å². The average Bonchev–Trinajstić information content (AvgIpc) is 3.45. The van der Waals surface area contributed by atoms with Crippen LogP contribution in [0.5, 0.6) is 0 Å². The van der Waals surface area contributed by atoms with E-state index in [9.17, 15) is 0 Å². The van der Waals surface area contributed by atoms with Gasteiger partial charge in [0.25, 0.3) is 0 Å². The number of hydrogen-bond acceptors (Lipinski definition) is 1. The Hall–Kier alpha value is -4.62. The number of allylic oxidation sites excluding steroid dienone is 4. The first-order valence-corrected chi connectivity index (χ1v) is 13.5. The highest BCUT2D eigenvalue weighted by Gasteiger charge is 2.52. The number of anilines is 2. The lowest BCUT2D eigenvalue weighted by molar-refractivity contribution is 0.714. The van der Waals surface area contributed by atoms with Gasteiger partial charge >= 0.3 is 0 Å². The average molecular weight is 486 g/mol. The number of rotatable bonds is 3. The first-order chi connectivity index (χ1) is 18.8. The molecule has 3 aliphatic carbocycles. The second-order valence-electron chi connectivity index (χ2n) is 10.5. The van der Waals surface area contributed by atoms with Crippen molar-refractivity contribution in [3.8, 4) is 22.3 Å². The Kier molecular flexibility index (Phi) is 4.63. The van der Waals surface area contributed by atoms with Crippen LogP contribution in [-0.2, 0) is 5.41 Å². The lowest BCUT2D eigenvalue weighted by Crippen LogP contribution is -2.27. The zero-order valence-corrected chi connectivity index (χ0v) is 21.1. The Bertz CT molecular complexity index is 1720. The lowest BCUT2D eigenvalue weighted by Gasteiger charge is -2.33. The molecule has 0 saturated carbocycles. The molecular formula is C37H27N. The Balaban J connectivity index is 1.27. The molecule has 38 heavy (non-hydrogen) atoms. The second-order valence-corrected chi connectivity index (χ2v) is 10.5. The second kappa shape index (κ2) is 8.19. The van der Waals surface area contributed by atoms with E-state index in [0.717, 1.165) is 24.2 Å². The summed E-state index contributed by atoms with van der Waals surface area (Å²) < 4.78 is 0. The Morgan fingerprint density at radius 2 is 1.16 bits per heavy atom. The molecule has 5 aromatic carbocycles. The predicted molar refractivity (Wildman–Crippen MR) is 159 cm³/mol. The largest absolute Gasteiger partial charge is 0.356 e. The maximum absolute atomic E-state index is 3.71. The van der Waals surface area contributed by atoms with Gasteiger partial charge in [-0.2, -0.15) is 0 Å². The summed E-state index contributed by atoms with van der Waals surface area (Å²) in [5.74, 6) is 0. The molecule has 0 aliphatic heterocycles. The smallest absolute Gasteiger partial charge is 0.0689 e. The van der Waals surface area contributed by atoms with E-state index in [2.05, 4.69) is 139 Å². The van der Waals surface area contributed by atoms with Crippen molar-refractivity contribution in [2.24, 2.45) is 0 Å². The van der Waals surface area contributed by atoms with Crippen LogP contribution in [-0.4, -0.2) is 0 Å². The summed E-state index contributed by atoms with van der Waals surface area (Å²) in [4.78, 5) is 0. The van der Waals surface area contributed by atoms with Crippen molar-refractivity contribution in [2.75, 3.05) is 5.32 Å². The quantitative estimate of drug-likeness (QED) is 0.268. The summed E-state index contributed by atoms with van der Waals surface area (Å²) >= 11 is 0. The molecule has 0 amide bonds. The van der Waals surface area contributed by atoms with Crippen LogP contribution < -0.4 is 5.32 Å². The fourth-order valence-electron chi connectivity index (χ4n) is 7.03. The molecule has 0 heterocycles. The van der Waals surface area contributed by atoms with Gasteiger partial charge < -0.3 is 5.32 Å². The van der Waals surface area contributed by atoms with Crippen molar-refractivity contribution >= 4 is 16.9 Å². The molecule has 0 aromatic heterocycles. The van der Waals surface area contributed by atoms with Crippen LogP contribution in [0.3, 0.4) is 0 Å². The molecule has 0 saturated heterocycles. The van der Waals surface area contributed by atoms with Crippen LogP contribution in [0.1, 0.15) is 35.1 Å². The normalized spacial score (nSPS) is 15.7. The number of fused-ring (bicyclic) bond motifs is 9. The van der Waals surface area contributed by atoms with E-state index in [1.165, 1.54) is 50.1 Å². The van der Waals surface area contributed by atoms with Crippen LogP contribution in [0.25, 0.3) is 27.8 Å². The maximum Gasteiger partial charge on any atom is 0.0689 e. The summed E-state index contributed by atoms with van der Waals surface area (Å²) in [5.41, 5.74) is 15.8. The molecule has 0 fully saturated rings. The minimum Gasteiger partial charge on any atom is -0.356 e. The molecule has 1 nitrogen and oxygen atoms in total. The van der Waals surface area contributed by atoms with Crippen molar-refractivity contribution in [1.82, 2.24) is 0 Å². The van der Waals surface area contributed by atoms with Crippen LogP contribution in [0.15, 0.2) is 139 Å². The van der Waals surface area contributed by atoms with Gasteiger partial charge in [-0.25, -0.2) is 0 Å². The summed E-state index contributed by atoms with van der Waals surface area (Å²) in [6.07, 6.45) is 6.89. The number of hydrogen-bond donors (Lipinski definition) is 1. The molecule has 5 aromatic rings. The van der Waals surface area contributed by atoms with Gasteiger partial charge in [-0.15, -0.1) is 0 Å². The molecule has 0 radical (unpaired) electrons. The first kappa shape index (κ1) is 21.5. The molecule has 0 unspecified atom stereocenters. The third-order valence-corrected chi connectivity index (χ3v) is 8.57. The summed E-state index contributed by atoms with van der Waals surface area (Å²) in [6, 6.07) is 44.4. The Morgan fingerprint density at radius 3 is 1.89 bits per heavy atom. The van der Waals surface area contributed by atoms with Crippen molar-refractivity contribution < 1.29 is 0 Å². The van der Waals surface area contributed by atoms with E-state index in [1.54, 1.807) is 5.57 Å². The highest BCUT2D eigenvalue weighted by Crippen LogP contribution is 2.63. The summed E-state index contributed by atoms with van der Waals surface area (Å²) in [7, 11) is 0. The van der Waals surface area contributed by atoms with E-state index in [0.29, 0.717) is 0 Å². The van der Waals surface area contributed by atoms with Gasteiger partial charge in [-0.3, -0.25) is 0 Å². The minimum absolute atomic E-state index is 0.225. The minimum atomic E-state index is -0.225. The highest BCUT2D eigenvalue weighted by atomic mass is 14.9. The Morgan fingerprint density at radius 1 is 0.526 bits per heavy atom. The topological polar surface area (TPSA) is 12.0 Å². The summed E-state index contributed by atoms with van der Waals surface area (Å²) in [6.45, 7) is 0. The van der Waals surface area contributed by atoms with E-state index >= 15 is 0 Å². The van der Waals surface area contributed by atoms with E-state index in [-0.39, 0.29) is 5.41 Å². The first-order valence-electron chi connectivity index (χ1n) is 13.5. The zero-order chi connectivity index (χ0) is 25.1. The molecule has 8 rings (SSSR count). The van der Waals surface area contributed by atoms with E-state index in [1.807, 2.05) is 0 Å². The molecule has 3 aliphatic rings. The highest BCUT2D eigenvalue weighted by molar-refractivity contribution is 5.97. The number of benzene rings is 5. The van der Waals surface area contributed by atoms with Gasteiger partial charge in [0, 0.05) is 11.4 Å². The molecule has 1 heteroatoms. The van der Waals surface area contributed by atoms with Crippen LogP contribution in [0, 0.1) is 0 Å². The molecule has 1 spiro atoms. The van der Waals surface area contributed by atoms with Crippen molar-refractivity contribution in [3.63, 3.8) is 0 Å². The van der Waals surface area contributed by atoms with Crippen LogP contribution in [0.2, 0.25) is 0 Å². The van der Waals surface area contributed by atoms with Crippen molar-refractivity contribution in [1.29, 1.82) is 0 Å². The fraction of sp³-hybridized carbons (Fsp3) is 0.0811. The van der Waals surface area contributed by atoms with Crippen LogP contribution >= 0.6 is 0 Å². The van der Waals surface area contributed by atoms with Gasteiger partial charge in [-0.1, -0.05) is 109 Å². The van der Waals surface area contributed by atoms with Gasteiger partial charge in [0.05, 0.1) is 5.41 Å². The molecule has 0 atom stereocenters. The monoisotopic (exact) mass is 485 g/mol. The third-order valence-electron chi connectivity index (χ3n) is 8.57. The predicted octanol–water partition coefficient (Wildman–Crippen LogP) is 9.53. The van der Waals surface area contributed by atoms with Crippen molar-refractivity contribution in [3.05, 3.63) is 161 Å². The molecule has 0 bridgehead atoms. The maximum atomic E-state index is 3.71. The fourth-order valence-corrected chi connectivity index (χ4v) is 7.03. The lowest BCUT2D eigenvalue weighted by atomic mass is 9.68. The standard InChI is InChI=1S/C37H27N/c1-2-10-25(11-3-1)26-18-20-27(21-19-26)38-28-22-23-32-31-14-6-9-17-35(31)37(36(32)24-28)33-15-7-4-12-29(33)30-13-5-8-16-34(30)37/h1-8,10-16,18-24,38H,9,17H2. The van der Waals surface area contributed by atoms with Gasteiger partial charge in [0.15, 0.2) is 0 Å². The molecular weight excluding hydrogens is 458 g/mol. The summed E-state index contributed by atoms with van der Waals surface area (Å²) in [5, 5.41) is 3.71. The van der Waals surface area contributed by atoms with E-state index < -0.39 is 0 Å². The SMILES string of the molecule is C1=CC2=C(CC1)C1(c3cc(Nc4ccc(-c5ccccc5)cc4)ccc32)c2ccccc2-c2ccccc21.